The molecule has 6 heteroatoms. The van der Waals surface area contributed by atoms with Crippen LogP contribution in [0.5, 0.6) is 5.75 Å². The minimum Gasteiger partial charge on any atom is -0.490 e. The van der Waals surface area contributed by atoms with Crippen LogP contribution in [0.3, 0.4) is 0 Å². The van der Waals surface area contributed by atoms with Gasteiger partial charge in [0.15, 0.2) is 6.29 Å². The number of aldehydes is 1. The minimum atomic E-state index is -0.672. The second-order valence-electron chi connectivity index (χ2n) is 3.26. The zero-order valence-corrected chi connectivity index (χ0v) is 8.62. The summed E-state index contributed by atoms with van der Waals surface area (Å²) in [6.45, 7) is 1.56. The average molecular weight is 225 g/mol. The fourth-order valence-electron chi connectivity index (χ4n) is 1.08. The number of nitro groups is 1. The van der Waals surface area contributed by atoms with E-state index in [4.69, 9.17) is 9.84 Å². The zero-order valence-electron chi connectivity index (χ0n) is 8.62. The molecule has 1 aromatic carbocycles. The van der Waals surface area contributed by atoms with E-state index in [1.54, 1.807) is 0 Å². The number of benzene rings is 1. The van der Waals surface area contributed by atoms with Gasteiger partial charge in [-0.3, -0.25) is 14.9 Å². The van der Waals surface area contributed by atoms with Gasteiger partial charge in [-0.2, -0.15) is 0 Å². The number of hydrogen-bond acceptors (Lipinski definition) is 5. The molecule has 0 aliphatic heterocycles. The third kappa shape index (κ3) is 3.03. The van der Waals surface area contributed by atoms with Gasteiger partial charge in [-0.15, -0.1) is 0 Å². The molecule has 0 fully saturated rings. The van der Waals surface area contributed by atoms with E-state index in [9.17, 15) is 14.9 Å². The molecular weight excluding hydrogens is 214 g/mol. The predicted molar refractivity (Wildman–Crippen MR) is 55.7 cm³/mol. The quantitative estimate of drug-likeness (QED) is 0.461. The maximum Gasteiger partial charge on any atom is 0.270 e. The number of carbonyl (C=O) groups is 1. The molecule has 1 atom stereocenters. The second-order valence-corrected chi connectivity index (χ2v) is 3.26. The molecular formula is C10H11NO5. The van der Waals surface area contributed by atoms with Crippen molar-refractivity contribution in [2.75, 3.05) is 6.61 Å². The number of rotatable bonds is 5. The summed E-state index contributed by atoms with van der Waals surface area (Å²) in [5, 5.41) is 19.5. The molecule has 1 N–H and O–H groups in total. The Balaban J connectivity index is 2.93. The lowest BCUT2D eigenvalue weighted by Gasteiger charge is -2.09. The van der Waals surface area contributed by atoms with Gasteiger partial charge in [0.05, 0.1) is 16.6 Å². The molecule has 0 saturated carbocycles. The molecule has 1 unspecified atom stereocenters. The zero-order chi connectivity index (χ0) is 12.1. The summed E-state index contributed by atoms with van der Waals surface area (Å²) in [7, 11) is 0. The molecule has 0 spiro atoms. The number of carbonyl (C=O) groups excluding carboxylic acids is 1. The summed E-state index contributed by atoms with van der Waals surface area (Å²) in [5.41, 5.74) is -0.0821. The van der Waals surface area contributed by atoms with E-state index in [0.29, 0.717) is 6.29 Å². The van der Waals surface area contributed by atoms with Crippen LogP contribution in [-0.4, -0.2) is 29.0 Å². The van der Waals surface area contributed by atoms with Gasteiger partial charge < -0.3 is 9.84 Å². The highest BCUT2D eigenvalue weighted by Crippen LogP contribution is 2.22. The summed E-state index contributed by atoms with van der Waals surface area (Å²) in [5.74, 6) is 0.224. The Kier molecular flexibility index (Phi) is 3.96. The summed E-state index contributed by atoms with van der Waals surface area (Å²) in [6, 6.07) is 3.71. The van der Waals surface area contributed by atoms with E-state index < -0.39 is 11.0 Å². The van der Waals surface area contributed by atoms with E-state index in [1.807, 2.05) is 0 Å². The van der Waals surface area contributed by atoms with Crippen molar-refractivity contribution in [3.05, 3.63) is 33.9 Å². The lowest BCUT2D eigenvalue weighted by atomic mass is 10.2. The van der Waals surface area contributed by atoms with Gasteiger partial charge in [-0.1, -0.05) is 0 Å². The number of aliphatic hydroxyl groups is 1. The molecule has 0 radical (unpaired) electrons. The lowest BCUT2D eigenvalue weighted by Crippen LogP contribution is -2.13. The van der Waals surface area contributed by atoms with Crippen molar-refractivity contribution in [3.8, 4) is 5.75 Å². The molecule has 0 amide bonds. The fourth-order valence-corrected chi connectivity index (χ4v) is 1.08. The van der Waals surface area contributed by atoms with Crippen LogP contribution in [0.4, 0.5) is 5.69 Å². The Morgan fingerprint density at radius 2 is 2.31 bits per heavy atom. The standard InChI is InChI=1S/C10H11NO5/c1-7(13)6-16-10-3-2-9(11(14)15)4-8(10)5-12/h2-5,7,13H,6H2,1H3. The van der Waals surface area contributed by atoms with E-state index in [2.05, 4.69) is 0 Å². The van der Waals surface area contributed by atoms with Crippen molar-refractivity contribution in [3.63, 3.8) is 0 Å². The van der Waals surface area contributed by atoms with E-state index in [1.165, 1.54) is 19.1 Å². The SMILES string of the molecule is CC(O)COc1ccc([N+](=O)[O-])cc1C=O. The first-order chi connectivity index (χ1) is 7.54. The van der Waals surface area contributed by atoms with Crippen LogP contribution in [0.2, 0.25) is 0 Å². The van der Waals surface area contributed by atoms with Crippen LogP contribution >= 0.6 is 0 Å². The van der Waals surface area contributed by atoms with E-state index in [0.717, 1.165) is 6.07 Å². The van der Waals surface area contributed by atoms with E-state index in [-0.39, 0.29) is 23.6 Å². The Bertz CT molecular complexity index is 402. The molecule has 0 aromatic heterocycles. The third-order valence-electron chi connectivity index (χ3n) is 1.81. The van der Waals surface area contributed by atoms with Gasteiger partial charge in [0, 0.05) is 12.1 Å². The topological polar surface area (TPSA) is 89.7 Å². The van der Waals surface area contributed by atoms with Crippen molar-refractivity contribution >= 4 is 12.0 Å². The van der Waals surface area contributed by atoms with Crippen LogP contribution in [0, 0.1) is 10.1 Å². The molecule has 1 aromatic rings. The maximum absolute atomic E-state index is 10.7. The number of nitro benzene ring substituents is 1. The molecule has 0 bridgehead atoms. The number of non-ortho nitro benzene ring substituents is 1. The van der Waals surface area contributed by atoms with Crippen molar-refractivity contribution in [2.45, 2.75) is 13.0 Å². The first-order valence-corrected chi connectivity index (χ1v) is 4.59. The first-order valence-electron chi connectivity index (χ1n) is 4.59. The van der Waals surface area contributed by atoms with Crippen molar-refractivity contribution < 1.29 is 19.6 Å². The number of ether oxygens (including phenoxy) is 1. The van der Waals surface area contributed by atoms with Gasteiger partial charge >= 0.3 is 0 Å². The van der Waals surface area contributed by atoms with E-state index >= 15 is 0 Å². The summed E-state index contributed by atoms with van der Waals surface area (Å²) in [6.07, 6.45) is -0.195. The molecule has 1 rings (SSSR count). The highest BCUT2D eigenvalue weighted by Gasteiger charge is 2.11. The largest absolute Gasteiger partial charge is 0.490 e. The fraction of sp³-hybridized carbons (Fsp3) is 0.300. The molecule has 0 heterocycles. The number of hydrogen-bond donors (Lipinski definition) is 1. The second kappa shape index (κ2) is 5.22. The molecule has 0 aliphatic rings. The van der Waals surface area contributed by atoms with Crippen molar-refractivity contribution in [1.82, 2.24) is 0 Å². The van der Waals surface area contributed by atoms with Gasteiger partial charge in [-0.25, -0.2) is 0 Å². The van der Waals surface area contributed by atoms with Crippen LogP contribution in [0.25, 0.3) is 0 Å². The van der Waals surface area contributed by atoms with Crippen LogP contribution in [0.1, 0.15) is 17.3 Å². The van der Waals surface area contributed by atoms with Gasteiger partial charge in [0.1, 0.15) is 12.4 Å². The molecule has 6 nitrogen and oxygen atoms in total. The Morgan fingerprint density at radius 1 is 1.62 bits per heavy atom. The molecule has 0 saturated heterocycles. The van der Waals surface area contributed by atoms with Gasteiger partial charge in [0.2, 0.25) is 0 Å². The Morgan fingerprint density at radius 3 is 2.81 bits per heavy atom. The maximum atomic E-state index is 10.7. The monoisotopic (exact) mass is 225 g/mol. The first kappa shape index (κ1) is 12.1. The minimum absolute atomic E-state index is 0.0264. The normalized spacial score (nSPS) is 11.9. The molecule has 0 aliphatic carbocycles. The highest BCUT2D eigenvalue weighted by atomic mass is 16.6. The lowest BCUT2D eigenvalue weighted by molar-refractivity contribution is -0.384. The highest BCUT2D eigenvalue weighted by molar-refractivity contribution is 5.80. The van der Waals surface area contributed by atoms with Crippen molar-refractivity contribution in [1.29, 1.82) is 0 Å². The van der Waals surface area contributed by atoms with Crippen molar-refractivity contribution in [2.24, 2.45) is 0 Å². The summed E-state index contributed by atoms with van der Waals surface area (Å²) in [4.78, 5) is 20.5. The van der Waals surface area contributed by atoms with Gasteiger partial charge in [0.25, 0.3) is 5.69 Å². The Hall–Kier alpha value is -1.95. The van der Waals surface area contributed by atoms with Gasteiger partial charge in [-0.05, 0) is 13.0 Å². The van der Waals surface area contributed by atoms with Crippen LogP contribution in [-0.2, 0) is 0 Å². The number of aliphatic hydroxyl groups excluding tert-OH is 1. The smallest absolute Gasteiger partial charge is 0.270 e. The molecule has 16 heavy (non-hydrogen) atoms. The average Bonchev–Trinajstić information content (AvgIpc) is 2.25. The Labute approximate surface area is 91.6 Å². The summed E-state index contributed by atoms with van der Waals surface area (Å²) < 4.78 is 5.12. The number of nitrogens with zero attached hydrogens (tertiary/aromatic N) is 1. The molecule has 86 valence electrons. The third-order valence-corrected chi connectivity index (χ3v) is 1.81. The van der Waals surface area contributed by atoms with Crippen LogP contribution in [0.15, 0.2) is 18.2 Å². The summed E-state index contributed by atoms with van der Waals surface area (Å²) >= 11 is 0. The van der Waals surface area contributed by atoms with Crippen LogP contribution < -0.4 is 4.74 Å². The predicted octanol–water partition coefficient (Wildman–Crippen LogP) is 1.17.